The predicted octanol–water partition coefficient (Wildman–Crippen LogP) is 19.1. The van der Waals surface area contributed by atoms with Gasteiger partial charge in [0.1, 0.15) is 0 Å². The first kappa shape index (κ1) is 42.4. The number of hydrogen-bond acceptors (Lipinski definition) is 0. The van der Waals surface area contributed by atoms with E-state index in [0.717, 1.165) is 45.0 Å². The van der Waals surface area contributed by atoms with Crippen LogP contribution in [0.4, 0.5) is 0 Å². The summed E-state index contributed by atoms with van der Waals surface area (Å²) in [5, 5.41) is 9.98. The van der Waals surface area contributed by atoms with Crippen LogP contribution >= 0.6 is 0 Å². The molecule has 0 fully saturated rings. The summed E-state index contributed by atoms with van der Waals surface area (Å²) in [6.07, 6.45) is 0. The molecule has 4 aromatic heterocycles. The van der Waals surface area contributed by atoms with Crippen LogP contribution in [0.1, 0.15) is 0 Å². The molecule has 16 rings (SSSR count). The minimum Gasteiger partial charge on any atom is -0.309 e. The van der Waals surface area contributed by atoms with Crippen molar-refractivity contribution in [1.29, 1.82) is 0 Å². The van der Waals surface area contributed by atoms with E-state index < -0.39 is 0 Å². The van der Waals surface area contributed by atoms with Crippen molar-refractivity contribution >= 4 is 87.2 Å². The molecule has 0 amide bonds. The molecular weight excluding hydrogens is 921 g/mol. The molecule has 0 aliphatic carbocycles. The normalized spacial score (nSPS) is 11.9. The zero-order valence-electron chi connectivity index (χ0n) is 41.3. The summed E-state index contributed by atoms with van der Waals surface area (Å²) in [7, 11) is 0. The minimum absolute atomic E-state index is 1.12. The molecule has 0 unspecified atom stereocenters. The topological polar surface area (TPSA) is 19.7 Å². The van der Waals surface area contributed by atoms with Crippen molar-refractivity contribution in [1.82, 2.24) is 18.3 Å². The van der Waals surface area contributed by atoms with Crippen LogP contribution in [-0.2, 0) is 0 Å². The third-order valence-corrected chi connectivity index (χ3v) is 15.9. The highest BCUT2D eigenvalue weighted by Crippen LogP contribution is 2.41. The van der Waals surface area contributed by atoms with Crippen molar-refractivity contribution in [3.63, 3.8) is 0 Å². The fourth-order valence-corrected chi connectivity index (χ4v) is 12.6. The van der Waals surface area contributed by atoms with Crippen molar-refractivity contribution in [2.75, 3.05) is 0 Å². The lowest BCUT2D eigenvalue weighted by Gasteiger charge is -2.16. The molecule has 0 aliphatic heterocycles. The molecule has 0 aliphatic rings. The van der Waals surface area contributed by atoms with E-state index in [4.69, 9.17) is 0 Å². The Labute approximate surface area is 438 Å². The number of aromatic nitrogens is 4. The van der Waals surface area contributed by atoms with Crippen molar-refractivity contribution in [3.8, 4) is 56.1 Å². The van der Waals surface area contributed by atoms with Gasteiger partial charge >= 0.3 is 0 Å². The second-order valence-electron chi connectivity index (χ2n) is 20.1. The van der Waals surface area contributed by atoms with Crippen LogP contribution in [0.5, 0.6) is 0 Å². The van der Waals surface area contributed by atoms with Gasteiger partial charge in [-0.1, -0.05) is 194 Å². The highest BCUT2D eigenvalue weighted by Gasteiger charge is 2.20. The van der Waals surface area contributed by atoms with Gasteiger partial charge in [-0.2, -0.15) is 0 Å². The summed E-state index contributed by atoms with van der Waals surface area (Å²) >= 11 is 0. The average molecular weight is 967 g/mol. The molecule has 16 aromatic rings. The number of fused-ring (bicyclic) bond motifs is 12. The van der Waals surface area contributed by atoms with Gasteiger partial charge in [-0.05, 0) is 118 Å². The van der Waals surface area contributed by atoms with Gasteiger partial charge in [0.15, 0.2) is 0 Å². The first-order valence-electron chi connectivity index (χ1n) is 26.2. The molecule has 0 spiro atoms. The third kappa shape index (κ3) is 6.44. The Morgan fingerprint density at radius 3 is 0.487 bits per heavy atom. The Bertz CT molecular complexity index is 4190. The van der Waals surface area contributed by atoms with Gasteiger partial charge in [0.2, 0.25) is 0 Å². The molecular formula is C72H46N4. The Morgan fingerprint density at radius 2 is 0.303 bits per heavy atom. The second kappa shape index (κ2) is 16.7. The van der Waals surface area contributed by atoms with E-state index in [1.54, 1.807) is 0 Å². The van der Waals surface area contributed by atoms with Crippen LogP contribution in [0, 0.1) is 0 Å². The molecule has 354 valence electrons. The van der Waals surface area contributed by atoms with Crippen LogP contribution in [0.25, 0.3) is 143 Å². The third-order valence-electron chi connectivity index (χ3n) is 15.9. The molecule has 0 N–H and O–H groups in total. The Hall–Kier alpha value is -10.2. The zero-order valence-corrected chi connectivity index (χ0v) is 41.3. The van der Waals surface area contributed by atoms with Crippen LogP contribution < -0.4 is 0 Å². The fraction of sp³-hybridized carbons (Fsp3) is 0. The van der Waals surface area contributed by atoms with E-state index in [2.05, 4.69) is 297 Å². The van der Waals surface area contributed by atoms with Crippen molar-refractivity contribution in [2.24, 2.45) is 0 Å². The standard InChI is InChI=1S/C72H46N4/c1-9-25-65-57(17-1)58-18-2-10-26-66(58)73(65)53-41-51(42-54(45-53)74-67-27-11-3-19-59(67)60-20-4-12-28-68(60)74)49-37-33-47(34-38-49)48-35-39-50(40-36-48)52-43-55(75-69-29-13-5-21-61(69)62-22-6-14-30-70(62)75)46-56(44-52)76-71-31-15-7-23-63(71)64-24-8-16-32-72(64)76/h1-46H. The summed E-state index contributed by atoms with van der Waals surface area (Å²) < 4.78 is 9.75. The lowest BCUT2D eigenvalue weighted by Crippen LogP contribution is -2.00. The van der Waals surface area contributed by atoms with Crippen molar-refractivity contribution in [2.45, 2.75) is 0 Å². The molecule has 12 aromatic carbocycles. The first-order valence-corrected chi connectivity index (χ1v) is 26.2. The number of nitrogens with zero attached hydrogens (tertiary/aromatic N) is 4. The zero-order chi connectivity index (χ0) is 49.8. The Kier molecular flexibility index (Phi) is 9.30. The van der Waals surface area contributed by atoms with E-state index in [1.807, 2.05) is 0 Å². The van der Waals surface area contributed by atoms with Gasteiger partial charge in [-0.25, -0.2) is 0 Å². The van der Waals surface area contributed by atoms with E-state index in [9.17, 15) is 0 Å². The maximum Gasteiger partial charge on any atom is 0.0541 e. The van der Waals surface area contributed by atoms with Gasteiger partial charge in [-0.3, -0.25) is 0 Å². The van der Waals surface area contributed by atoms with Crippen LogP contribution in [0.2, 0.25) is 0 Å². The maximum atomic E-state index is 2.44. The number of rotatable bonds is 7. The monoisotopic (exact) mass is 966 g/mol. The maximum absolute atomic E-state index is 2.44. The largest absolute Gasteiger partial charge is 0.309 e. The molecule has 0 radical (unpaired) electrons. The Morgan fingerprint density at radius 1 is 0.145 bits per heavy atom. The molecule has 4 nitrogen and oxygen atoms in total. The van der Waals surface area contributed by atoms with E-state index in [0.29, 0.717) is 0 Å². The number of para-hydroxylation sites is 8. The smallest absolute Gasteiger partial charge is 0.0541 e. The molecule has 4 heterocycles. The molecule has 0 saturated heterocycles. The quantitative estimate of drug-likeness (QED) is 0.152. The van der Waals surface area contributed by atoms with Gasteiger partial charge in [-0.15, -0.1) is 0 Å². The molecule has 4 heteroatoms. The van der Waals surface area contributed by atoms with Gasteiger partial charge in [0, 0.05) is 65.8 Å². The highest BCUT2D eigenvalue weighted by atomic mass is 15.0. The lowest BCUT2D eigenvalue weighted by atomic mass is 9.97. The minimum atomic E-state index is 1.12. The van der Waals surface area contributed by atoms with Crippen LogP contribution in [0.3, 0.4) is 0 Å². The van der Waals surface area contributed by atoms with Gasteiger partial charge in [0.25, 0.3) is 0 Å². The van der Waals surface area contributed by atoms with Crippen molar-refractivity contribution < 1.29 is 0 Å². The summed E-state index contributed by atoms with van der Waals surface area (Å²) in [5.74, 6) is 0. The van der Waals surface area contributed by atoms with Gasteiger partial charge < -0.3 is 18.3 Å². The number of benzene rings is 12. The SMILES string of the molecule is c1ccc2c(c1)c1ccccc1n2-c1cc(-c2ccc(-c3ccc(-c4cc(-n5c6ccccc6c6ccccc65)cc(-n5c6ccccc6c6ccccc65)c4)cc3)cc2)cc(-n2c3ccccc3c3ccccc32)c1. The van der Waals surface area contributed by atoms with E-state index in [-0.39, 0.29) is 0 Å². The van der Waals surface area contributed by atoms with Crippen molar-refractivity contribution in [3.05, 3.63) is 279 Å². The summed E-state index contributed by atoms with van der Waals surface area (Å²) in [4.78, 5) is 0. The highest BCUT2D eigenvalue weighted by molar-refractivity contribution is 6.13. The summed E-state index contributed by atoms with van der Waals surface area (Å²) in [6, 6.07) is 103. The molecule has 0 bridgehead atoms. The van der Waals surface area contributed by atoms with Gasteiger partial charge in [0.05, 0.1) is 44.1 Å². The molecule has 0 atom stereocenters. The van der Waals surface area contributed by atoms with E-state index in [1.165, 1.54) is 98.4 Å². The average Bonchev–Trinajstić information content (AvgIpc) is 4.29. The fourth-order valence-electron chi connectivity index (χ4n) is 12.6. The predicted molar refractivity (Wildman–Crippen MR) is 320 cm³/mol. The van der Waals surface area contributed by atoms with Crippen LogP contribution in [-0.4, -0.2) is 18.3 Å². The Balaban J connectivity index is 0.823. The first-order chi connectivity index (χ1) is 37.7. The molecule has 76 heavy (non-hydrogen) atoms. The van der Waals surface area contributed by atoms with E-state index >= 15 is 0 Å². The number of hydrogen-bond donors (Lipinski definition) is 0. The molecule has 0 saturated carbocycles. The summed E-state index contributed by atoms with van der Waals surface area (Å²) in [5.41, 5.74) is 20.9. The van der Waals surface area contributed by atoms with Crippen LogP contribution in [0.15, 0.2) is 279 Å². The second-order valence-corrected chi connectivity index (χ2v) is 20.1. The summed E-state index contributed by atoms with van der Waals surface area (Å²) in [6.45, 7) is 0. The lowest BCUT2D eigenvalue weighted by molar-refractivity contribution is 1.13.